The van der Waals surface area contributed by atoms with E-state index < -0.39 is 15.8 Å². The van der Waals surface area contributed by atoms with Crippen molar-refractivity contribution in [2.75, 3.05) is 37.6 Å². The van der Waals surface area contributed by atoms with E-state index in [-0.39, 0.29) is 22.0 Å². The van der Waals surface area contributed by atoms with Crippen molar-refractivity contribution in [3.05, 3.63) is 46.0 Å². The molecule has 2 aliphatic heterocycles. The molecule has 1 saturated heterocycles. The fourth-order valence-electron chi connectivity index (χ4n) is 4.50. The number of fused-ring (bicyclic) bond motifs is 2. The summed E-state index contributed by atoms with van der Waals surface area (Å²) < 4.78 is 32.4. The molecular formula is C23H25ClN2O5S. The van der Waals surface area contributed by atoms with E-state index in [2.05, 4.69) is 9.80 Å². The van der Waals surface area contributed by atoms with Gasteiger partial charge in [-0.25, -0.2) is 13.2 Å². The number of piperazine rings is 1. The molecule has 1 aliphatic carbocycles. The summed E-state index contributed by atoms with van der Waals surface area (Å²) in [6, 6.07) is 6.25. The van der Waals surface area contributed by atoms with Crippen LogP contribution in [-0.4, -0.2) is 57.1 Å². The number of carboxylic acid groups (broad SMARTS) is 1. The number of aryl methyl sites for hydroxylation is 1. The van der Waals surface area contributed by atoms with E-state index in [1.807, 2.05) is 12.1 Å². The molecule has 0 unspecified atom stereocenters. The molecule has 3 aliphatic rings. The van der Waals surface area contributed by atoms with Crippen molar-refractivity contribution in [1.29, 1.82) is 0 Å². The SMILES string of the molecule is Cc1cc(C(=O)O)cc2c1Oc1c(Cl)cc(N3CCN(CC4CC4)CC3)cc1CS2(=O)=O. The van der Waals surface area contributed by atoms with Gasteiger partial charge < -0.3 is 14.7 Å². The second-order valence-electron chi connectivity index (χ2n) is 8.93. The maximum Gasteiger partial charge on any atom is 0.335 e. The Bertz CT molecular complexity index is 1200. The van der Waals surface area contributed by atoms with Gasteiger partial charge in [0.1, 0.15) is 16.4 Å². The topological polar surface area (TPSA) is 87.2 Å². The van der Waals surface area contributed by atoms with Gasteiger partial charge in [0.15, 0.2) is 9.84 Å². The molecule has 7 nitrogen and oxygen atoms in total. The van der Waals surface area contributed by atoms with Gasteiger partial charge in [0.2, 0.25) is 0 Å². The van der Waals surface area contributed by atoms with E-state index in [0.717, 1.165) is 37.8 Å². The third-order valence-electron chi connectivity index (χ3n) is 6.43. The number of rotatable bonds is 4. The van der Waals surface area contributed by atoms with E-state index in [4.69, 9.17) is 16.3 Å². The van der Waals surface area contributed by atoms with Crippen LogP contribution in [0, 0.1) is 12.8 Å². The van der Waals surface area contributed by atoms with Gasteiger partial charge in [-0.05, 0) is 55.5 Å². The third-order valence-corrected chi connectivity index (χ3v) is 8.37. The van der Waals surface area contributed by atoms with Gasteiger partial charge in [-0.1, -0.05) is 11.6 Å². The molecule has 2 fully saturated rings. The zero-order valence-electron chi connectivity index (χ0n) is 17.8. The Labute approximate surface area is 192 Å². The molecule has 32 heavy (non-hydrogen) atoms. The van der Waals surface area contributed by atoms with Gasteiger partial charge in [0.25, 0.3) is 0 Å². The number of carboxylic acids is 1. The van der Waals surface area contributed by atoms with Crippen molar-refractivity contribution in [2.45, 2.75) is 30.4 Å². The molecule has 0 bridgehead atoms. The van der Waals surface area contributed by atoms with Gasteiger partial charge in [0, 0.05) is 44.0 Å². The van der Waals surface area contributed by atoms with Crippen molar-refractivity contribution in [3.63, 3.8) is 0 Å². The minimum absolute atomic E-state index is 0.0877. The van der Waals surface area contributed by atoms with Gasteiger partial charge >= 0.3 is 5.97 Å². The highest BCUT2D eigenvalue weighted by molar-refractivity contribution is 7.90. The molecule has 9 heteroatoms. The molecule has 0 amide bonds. The minimum atomic E-state index is -3.82. The van der Waals surface area contributed by atoms with Crippen LogP contribution in [0.1, 0.15) is 34.3 Å². The van der Waals surface area contributed by atoms with Gasteiger partial charge in [-0.3, -0.25) is 4.90 Å². The first kappa shape index (κ1) is 21.6. The molecule has 2 aromatic carbocycles. The largest absolute Gasteiger partial charge is 0.478 e. The van der Waals surface area contributed by atoms with Crippen LogP contribution >= 0.6 is 11.6 Å². The fourth-order valence-corrected chi connectivity index (χ4v) is 6.35. The Kier molecular flexibility index (Phi) is 5.34. The summed E-state index contributed by atoms with van der Waals surface area (Å²) in [5, 5.41) is 9.70. The van der Waals surface area contributed by atoms with Crippen LogP contribution in [0.25, 0.3) is 0 Å². The summed E-state index contributed by atoms with van der Waals surface area (Å²) in [6.45, 7) is 6.47. The number of hydrogen-bond acceptors (Lipinski definition) is 6. The summed E-state index contributed by atoms with van der Waals surface area (Å²) >= 11 is 6.59. The molecule has 2 aromatic rings. The zero-order chi connectivity index (χ0) is 22.6. The van der Waals surface area contributed by atoms with Gasteiger partial charge in [-0.2, -0.15) is 0 Å². The highest BCUT2D eigenvalue weighted by Crippen LogP contribution is 2.45. The van der Waals surface area contributed by atoms with Crippen LogP contribution in [0.3, 0.4) is 0 Å². The number of anilines is 1. The van der Waals surface area contributed by atoms with Crippen molar-refractivity contribution < 1.29 is 23.1 Å². The number of sulfone groups is 1. The van der Waals surface area contributed by atoms with Crippen molar-refractivity contribution in [3.8, 4) is 11.5 Å². The normalized spacial score (nSPS) is 20.1. The van der Waals surface area contributed by atoms with E-state index >= 15 is 0 Å². The number of aromatic carboxylic acids is 1. The number of carbonyl (C=O) groups is 1. The molecule has 1 saturated carbocycles. The molecule has 5 rings (SSSR count). The summed E-state index contributed by atoms with van der Waals surface area (Å²) in [5.41, 5.74) is 1.71. The second-order valence-corrected chi connectivity index (χ2v) is 11.3. The lowest BCUT2D eigenvalue weighted by Crippen LogP contribution is -2.47. The Morgan fingerprint density at radius 3 is 2.50 bits per heavy atom. The monoisotopic (exact) mass is 476 g/mol. The van der Waals surface area contributed by atoms with Gasteiger partial charge in [0.05, 0.1) is 16.3 Å². The Hall–Kier alpha value is -2.29. The standard InChI is InChI=1S/C23H25ClN2O5S/c1-14-8-16(23(27)28)10-20-21(14)31-22-17(13-32(20,29)30)9-18(11-19(22)24)26-6-4-25(5-7-26)12-15-2-3-15/h8-11,15H,2-7,12-13H2,1H3,(H,27,28). The van der Waals surface area contributed by atoms with Crippen LogP contribution in [0.15, 0.2) is 29.2 Å². The first-order chi connectivity index (χ1) is 15.2. The smallest absolute Gasteiger partial charge is 0.335 e. The first-order valence-electron chi connectivity index (χ1n) is 10.8. The highest BCUT2D eigenvalue weighted by Gasteiger charge is 2.32. The second kappa shape index (κ2) is 7.93. The number of hydrogen-bond donors (Lipinski definition) is 1. The van der Waals surface area contributed by atoms with E-state index in [1.165, 1.54) is 31.5 Å². The molecule has 170 valence electrons. The number of benzene rings is 2. The number of nitrogens with zero attached hydrogens (tertiary/aromatic N) is 2. The predicted molar refractivity (Wildman–Crippen MR) is 122 cm³/mol. The quantitative estimate of drug-likeness (QED) is 0.714. The van der Waals surface area contributed by atoms with Crippen molar-refractivity contribution in [2.24, 2.45) is 5.92 Å². The minimum Gasteiger partial charge on any atom is -0.478 e. The van der Waals surface area contributed by atoms with E-state index in [0.29, 0.717) is 21.9 Å². The predicted octanol–water partition coefficient (Wildman–Crippen LogP) is 3.96. The van der Waals surface area contributed by atoms with E-state index in [9.17, 15) is 18.3 Å². The molecule has 1 N–H and O–H groups in total. The summed E-state index contributed by atoms with van der Waals surface area (Å²) in [6.07, 6.45) is 2.68. The lowest BCUT2D eigenvalue weighted by Gasteiger charge is -2.36. The zero-order valence-corrected chi connectivity index (χ0v) is 19.4. The summed E-state index contributed by atoms with van der Waals surface area (Å²) in [7, 11) is -3.82. The maximum atomic E-state index is 13.2. The van der Waals surface area contributed by atoms with Crippen LogP contribution in [-0.2, 0) is 15.6 Å². The number of halogens is 1. The Morgan fingerprint density at radius 1 is 1.12 bits per heavy atom. The Morgan fingerprint density at radius 2 is 1.84 bits per heavy atom. The molecule has 2 heterocycles. The molecular weight excluding hydrogens is 452 g/mol. The molecule has 0 atom stereocenters. The van der Waals surface area contributed by atoms with Crippen LogP contribution in [0.5, 0.6) is 11.5 Å². The maximum absolute atomic E-state index is 13.2. The van der Waals surface area contributed by atoms with E-state index in [1.54, 1.807) is 6.92 Å². The van der Waals surface area contributed by atoms with Crippen molar-refractivity contribution >= 4 is 33.1 Å². The van der Waals surface area contributed by atoms with Crippen LogP contribution in [0.4, 0.5) is 5.69 Å². The number of ether oxygens (including phenoxy) is 1. The first-order valence-corrected chi connectivity index (χ1v) is 12.8. The summed E-state index contributed by atoms with van der Waals surface area (Å²) in [5.74, 6) is -0.174. The van der Waals surface area contributed by atoms with Crippen LogP contribution < -0.4 is 9.64 Å². The van der Waals surface area contributed by atoms with Crippen LogP contribution in [0.2, 0.25) is 5.02 Å². The van der Waals surface area contributed by atoms with Crippen molar-refractivity contribution in [1.82, 2.24) is 4.90 Å². The lowest BCUT2D eigenvalue weighted by atomic mass is 10.1. The van der Waals surface area contributed by atoms with Gasteiger partial charge in [-0.15, -0.1) is 0 Å². The lowest BCUT2D eigenvalue weighted by molar-refractivity contribution is 0.0696. The molecule has 0 aromatic heterocycles. The third kappa shape index (κ3) is 4.07. The molecule has 0 spiro atoms. The average Bonchev–Trinajstić information content (AvgIpc) is 3.55. The Balaban J connectivity index is 1.47. The molecule has 0 radical (unpaired) electrons. The fraction of sp³-hybridized carbons (Fsp3) is 0.435. The summed E-state index contributed by atoms with van der Waals surface area (Å²) in [4.78, 5) is 16.1. The average molecular weight is 477 g/mol. The highest BCUT2D eigenvalue weighted by atomic mass is 35.5.